The molecule has 0 fully saturated rings. The molecule has 0 unspecified atom stereocenters. The lowest BCUT2D eigenvalue weighted by Gasteiger charge is -2.03. The molecule has 76 valence electrons. The smallest absolute Gasteiger partial charge is 0.222 e. The Labute approximate surface area is 88.4 Å². The van der Waals surface area contributed by atoms with Gasteiger partial charge in [-0.1, -0.05) is 6.07 Å². The van der Waals surface area contributed by atoms with E-state index in [0.717, 1.165) is 11.3 Å². The summed E-state index contributed by atoms with van der Waals surface area (Å²) in [6.07, 6.45) is 5.34. The van der Waals surface area contributed by atoms with Crippen LogP contribution in [0.25, 0.3) is 0 Å². The van der Waals surface area contributed by atoms with E-state index < -0.39 is 0 Å². The van der Waals surface area contributed by atoms with Gasteiger partial charge in [-0.3, -0.25) is 4.98 Å². The minimum absolute atomic E-state index is 0.631. The second-order valence-electron chi connectivity index (χ2n) is 3.26. The Morgan fingerprint density at radius 3 is 2.60 bits per heavy atom. The zero-order valence-corrected chi connectivity index (χ0v) is 8.51. The fourth-order valence-electron chi connectivity index (χ4n) is 1.16. The van der Waals surface area contributed by atoms with E-state index in [0.29, 0.717) is 12.5 Å². The minimum atomic E-state index is 0.631. The van der Waals surface area contributed by atoms with E-state index in [1.165, 1.54) is 0 Å². The van der Waals surface area contributed by atoms with E-state index in [2.05, 4.69) is 20.3 Å². The first kappa shape index (κ1) is 9.58. The number of anilines is 1. The number of rotatable bonds is 3. The Morgan fingerprint density at radius 2 is 1.93 bits per heavy atom. The molecule has 0 bridgehead atoms. The van der Waals surface area contributed by atoms with E-state index in [9.17, 15) is 0 Å². The topological polar surface area (TPSA) is 50.7 Å². The number of nitrogens with zero attached hydrogens (tertiary/aromatic N) is 3. The van der Waals surface area contributed by atoms with Crippen LogP contribution in [0, 0.1) is 6.92 Å². The van der Waals surface area contributed by atoms with Crippen LogP contribution in [0.2, 0.25) is 0 Å². The highest BCUT2D eigenvalue weighted by Gasteiger charge is 1.95. The average molecular weight is 200 g/mol. The van der Waals surface area contributed by atoms with Crippen LogP contribution in [0.15, 0.2) is 36.8 Å². The first-order valence-corrected chi connectivity index (χ1v) is 4.77. The van der Waals surface area contributed by atoms with Gasteiger partial charge < -0.3 is 5.32 Å². The molecule has 2 rings (SSSR count). The highest BCUT2D eigenvalue weighted by molar-refractivity contribution is 5.25. The Hall–Kier alpha value is -1.97. The monoisotopic (exact) mass is 200 g/mol. The van der Waals surface area contributed by atoms with Crippen molar-refractivity contribution in [3.8, 4) is 0 Å². The lowest BCUT2D eigenvalue weighted by atomic mass is 10.3. The van der Waals surface area contributed by atoms with Crippen molar-refractivity contribution in [3.63, 3.8) is 0 Å². The average Bonchev–Trinajstić information content (AvgIpc) is 2.30. The van der Waals surface area contributed by atoms with Crippen molar-refractivity contribution >= 4 is 5.95 Å². The van der Waals surface area contributed by atoms with Crippen molar-refractivity contribution in [2.75, 3.05) is 5.32 Å². The van der Waals surface area contributed by atoms with Crippen LogP contribution in [0.3, 0.4) is 0 Å². The van der Waals surface area contributed by atoms with Gasteiger partial charge in [-0.25, -0.2) is 9.97 Å². The van der Waals surface area contributed by atoms with Crippen molar-refractivity contribution in [1.29, 1.82) is 0 Å². The van der Waals surface area contributed by atoms with Crippen LogP contribution < -0.4 is 5.32 Å². The minimum Gasteiger partial charge on any atom is -0.349 e. The molecule has 0 spiro atoms. The van der Waals surface area contributed by atoms with Gasteiger partial charge in [0.05, 0.1) is 12.2 Å². The Kier molecular flexibility index (Phi) is 2.88. The third kappa shape index (κ3) is 2.74. The van der Waals surface area contributed by atoms with Crippen LogP contribution in [0.4, 0.5) is 5.95 Å². The molecule has 0 atom stereocenters. The first-order chi connectivity index (χ1) is 7.34. The molecule has 2 aromatic rings. The van der Waals surface area contributed by atoms with Crippen molar-refractivity contribution in [3.05, 3.63) is 48.0 Å². The quantitative estimate of drug-likeness (QED) is 0.820. The molecule has 0 amide bonds. The molecule has 15 heavy (non-hydrogen) atoms. The SMILES string of the molecule is Cc1cnc(NCc2ccccn2)nc1. The molecule has 0 aliphatic heterocycles. The van der Waals surface area contributed by atoms with Crippen LogP contribution in [-0.2, 0) is 6.54 Å². The van der Waals surface area contributed by atoms with Gasteiger partial charge in [-0.05, 0) is 24.6 Å². The summed E-state index contributed by atoms with van der Waals surface area (Å²) >= 11 is 0. The molecule has 0 radical (unpaired) electrons. The second kappa shape index (κ2) is 4.50. The fraction of sp³-hybridized carbons (Fsp3) is 0.182. The number of pyridine rings is 1. The molecule has 0 saturated carbocycles. The van der Waals surface area contributed by atoms with Gasteiger partial charge in [0.2, 0.25) is 5.95 Å². The van der Waals surface area contributed by atoms with Crippen molar-refractivity contribution in [1.82, 2.24) is 15.0 Å². The van der Waals surface area contributed by atoms with Crippen molar-refractivity contribution < 1.29 is 0 Å². The zero-order valence-electron chi connectivity index (χ0n) is 8.51. The zero-order chi connectivity index (χ0) is 10.5. The van der Waals surface area contributed by atoms with Crippen molar-refractivity contribution in [2.24, 2.45) is 0 Å². The number of nitrogens with one attached hydrogen (secondary N) is 1. The van der Waals surface area contributed by atoms with Gasteiger partial charge in [0.25, 0.3) is 0 Å². The summed E-state index contributed by atoms with van der Waals surface area (Å²) in [5, 5.41) is 3.10. The predicted molar refractivity (Wildman–Crippen MR) is 58.3 cm³/mol. The number of hydrogen-bond acceptors (Lipinski definition) is 4. The molecule has 4 heteroatoms. The first-order valence-electron chi connectivity index (χ1n) is 4.77. The standard InChI is InChI=1S/C11H12N4/c1-9-6-13-11(14-7-9)15-8-10-4-2-3-5-12-10/h2-7H,8H2,1H3,(H,13,14,15). The summed E-state index contributed by atoms with van der Waals surface area (Å²) in [6.45, 7) is 2.60. The number of hydrogen-bond donors (Lipinski definition) is 1. The van der Waals surface area contributed by atoms with E-state index in [1.54, 1.807) is 18.6 Å². The maximum atomic E-state index is 4.19. The Morgan fingerprint density at radius 1 is 1.13 bits per heavy atom. The van der Waals surface area contributed by atoms with Crippen LogP contribution in [0.1, 0.15) is 11.3 Å². The second-order valence-corrected chi connectivity index (χ2v) is 3.26. The summed E-state index contributed by atoms with van der Waals surface area (Å²) in [7, 11) is 0. The fourth-order valence-corrected chi connectivity index (χ4v) is 1.16. The van der Waals surface area contributed by atoms with E-state index in [1.807, 2.05) is 25.1 Å². The predicted octanol–water partition coefficient (Wildman–Crippen LogP) is 1.79. The van der Waals surface area contributed by atoms with Gasteiger partial charge in [0.15, 0.2) is 0 Å². The van der Waals surface area contributed by atoms with E-state index in [-0.39, 0.29) is 0 Å². The van der Waals surface area contributed by atoms with Gasteiger partial charge in [0, 0.05) is 18.6 Å². The molecule has 2 aromatic heterocycles. The molecule has 0 aliphatic carbocycles. The summed E-state index contributed by atoms with van der Waals surface area (Å²) < 4.78 is 0. The molecular weight excluding hydrogens is 188 g/mol. The molecule has 0 aliphatic rings. The van der Waals surface area contributed by atoms with E-state index >= 15 is 0 Å². The van der Waals surface area contributed by atoms with Gasteiger partial charge in [0.1, 0.15) is 0 Å². The lowest BCUT2D eigenvalue weighted by Crippen LogP contribution is -2.04. The highest BCUT2D eigenvalue weighted by Crippen LogP contribution is 2.01. The number of aromatic nitrogens is 3. The van der Waals surface area contributed by atoms with Crippen molar-refractivity contribution in [2.45, 2.75) is 13.5 Å². The molecule has 0 aromatic carbocycles. The summed E-state index contributed by atoms with van der Waals surface area (Å²) in [4.78, 5) is 12.5. The summed E-state index contributed by atoms with van der Waals surface area (Å²) in [6, 6.07) is 5.81. The molecular formula is C11H12N4. The van der Waals surface area contributed by atoms with Crippen LogP contribution in [0.5, 0.6) is 0 Å². The van der Waals surface area contributed by atoms with E-state index in [4.69, 9.17) is 0 Å². The Balaban J connectivity index is 1.96. The van der Waals surface area contributed by atoms with Crippen LogP contribution in [-0.4, -0.2) is 15.0 Å². The highest BCUT2D eigenvalue weighted by atomic mass is 15.1. The van der Waals surface area contributed by atoms with Gasteiger partial charge in [-0.15, -0.1) is 0 Å². The molecule has 2 heterocycles. The summed E-state index contributed by atoms with van der Waals surface area (Å²) in [5.74, 6) is 0.631. The van der Waals surface area contributed by atoms with Gasteiger partial charge >= 0.3 is 0 Å². The molecule has 4 nitrogen and oxygen atoms in total. The third-order valence-electron chi connectivity index (χ3n) is 1.93. The van der Waals surface area contributed by atoms with Crippen LogP contribution >= 0.6 is 0 Å². The lowest BCUT2D eigenvalue weighted by molar-refractivity contribution is 0.996. The maximum absolute atomic E-state index is 4.19. The third-order valence-corrected chi connectivity index (χ3v) is 1.93. The largest absolute Gasteiger partial charge is 0.349 e. The maximum Gasteiger partial charge on any atom is 0.222 e. The molecule has 1 N–H and O–H groups in total. The van der Waals surface area contributed by atoms with Gasteiger partial charge in [-0.2, -0.15) is 0 Å². The molecule has 0 saturated heterocycles. The Bertz CT molecular complexity index is 410. The number of aryl methyl sites for hydroxylation is 1. The summed E-state index contributed by atoms with van der Waals surface area (Å²) in [5.41, 5.74) is 2.03. The normalized spacial score (nSPS) is 9.93.